The number of nitrogens with one attached hydrogen (secondary N) is 2. The first kappa shape index (κ1) is 18.4. The van der Waals surface area contributed by atoms with E-state index in [1.165, 1.54) is 18.3 Å². The van der Waals surface area contributed by atoms with Gasteiger partial charge in [0.1, 0.15) is 17.3 Å². The van der Waals surface area contributed by atoms with Gasteiger partial charge in [-0.1, -0.05) is 30.3 Å². The van der Waals surface area contributed by atoms with Crippen molar-refractivity contribution in [2.75, 3.05) is 10.6 Å². The van der Waals surface area contributed by atoms with Gasteiger partial charge < -0.3 is 15.4 Å². The average molecular weight is 387 g/mol. The van der Waals surface area contributed by atoms with Crippen molar-refractivity contribution in [3.05, 3.63) is 96.4 Å². The Bertz CT molecular complexity index is 1060. The van der Waals surface area contributed by atoms with Gasteiger partial charge in [-0.05, 0) is 54.1 Å². The summed E-state index contributed by atoms with van der Waals surface area (Å²) in [6.07, 6.45) is 1.53. The van der Waals surface area contributed by atoms with Crippen molar-refractivity contribution in [3.63, 3.8) is 0 Å². The minimum absolute atomic E-state index is 0.260. The van der Waals surface area contributed by atoms with Crippen LogP contribution in [0.25, 0.3) is 0 Å². The van der Waals surface area contributed by atoms with E-state index in [4.69, 9.17) is 4.74 Å². The maximum absolute atomic E-state index is 13.0. The van der Waals surface area contributed by atoms with Gasteiger partial charge >= 0.3 is 0 Å². The van der Waals surface area contributed by atoms with E-state index in [-0.39, 0.29) is 5.82 Å². The van der Waals surface area contributed by atoms with Gasteiger partial charge in [-0.25, -0.2) is 4.39 Å². The van der Waals surface area contributed by atoms with E-state index in [9.17, 15) is 4.39 Å². The van der Waals surface area contributed by atoms with E-state index in [1.54, 1.807) is 12.1 Å². The zero-order valence-electron chi connectivity index (χ0n) is 15.4. The second-order valence-corrected chi connectivity index (χ2v) is 6.21. The Hall–Kier alpha value is -4.00. The first-order valence-corrected chi connectivity index (χ1v) is 9.03. The molecule has 0 aliphatic heterocycles. The Kier molecular flexibility index (Phi) is 5.57. The van der Waals surface area contributed by atoms with Crippen molar-refractivity contribution in [2.24, 2.45) is 0 Å². The summed E-state index contributed by atoms with van der Waals surface area (Å²) in [6, 6.07) is 23.3. The fraction of sp³-hybridized carbons (Fsp3) is 0.0455. The number of nitrogens with zero attached hydrogens (tertiary/aromatic N) is 3. The maximum Gasteiger partial charge on any atom is 0.249 e. The monoisotopic (exact) mass is 387 g/mol. The molecule has 6 nitrogen and oxygen atoms in total. The molecule has 0 radical (unpaired) electrons. The van der Waals surface area contributed by atoms with Crippen LogP contribution in [-0.4, -0.2) is 15.2 Å². The lowest BCUT2D eigenvalue weighted by Gasteiger charge is -2.09. The number of halogens is 1. The Labute approximate surface area is 167 Å². The lowest BCUT2D eigenvalue weighted by molar-refractivity contribution is 0.483. The third-order valence-corrected chi connectivity index (χ3v) is 4.04. The van der Waals surface area contributed by atoms with Crippen LogP contribution in [0.3, 0.4) is 0 Å². The molecule has 0 amide bonds. The Morgan fingerprint density at radius 3 is 2.31 bits per heavy atom. The van der Waals surface area contributed by atoms with Crippen molar-refractivity contribution in [1.82, 2.24) is 15.2 Å². The van der Waals surface area contributed by atoms with Gasteiger partial charge in [-0.3, -0.25) is 0 Å². The van der Waals surface area contributed by atoms with Crippen LogP contribution in [0, 0.1) is 5.82 Å². The van der Waals surface area contributed by atoms with E-state index in [2.05, 4.69) is 25.8 Å². The molecular formula is C22H18FN5O. The number of para-hydroxylation sites is 1. The normalized spacial score (nSPS) is 10.4. The van der Waals surface area contributed by atoms with Crippen molar-refractivity contribution < 1.29 is 9.13 Å². The summed E-state index contributed by atoms with van der Waals surface area (Å²) in [6.45, 7) is 0.504. The van der Waals surface area contributed by atoms with Crippen LogP contribution in [0.1, 0.15) is 5.56 Å². The molecule has 0 aliphatic rings. The Balaban J connectivity index is 1.36. The summed E-state index contributed by atoms with van der Waals surface area (Å²) >= 11 is 0. The van der Waals surface area contributed by atoms with Crippen LogP contribution in [-0.2, 0) is 6.54 Å². The number of rotatable bonds is 7. The van der Waals surface area contributed by atoms with E-state index in [0.29, 0.717) is 18.3 Å². The second kappa shape index (κ2) is 8.79. The zero-order valence-corrected chi connectivity index (χ0v) is 15.4. The summed E-state index contributed by atoms with van der Waals surface area (Å²) in [5, 5.41) is 14.2. The van der Waals surface area contributed by atoms with Gasteiger partial charge in [0.2, 0.25) is 5.95 Å². The highest BCUT2D eigenvalue weighted by molar-refractivity contribution is 5.55. The van der Waals surface area contributed by atoms with E-state index >= 15 is 0 Å². The molecule has 2 N–H and O–H groups in total. The minimum atomic E-state index is -0.260. The molecule has 0 bridgehead atoms. The predicted molar refractivity (Wildman–Crippen MR) is 110 cm³/mol. The van der Waals surface area contributed by atoms with Crippen molar-refractivity contribution >= 4 is 17.5 Å². The van der Waals surface area contributed by atoms with Gasteiger partial charge in [0.15, 0.2) is 5.82 Å². The van der Waals surface area contributed by atoms with Gasteiger partial charge in [0.05, 0.1) is 6.20 Å². The van der Waals surface area contributed by atoms with E-state index < -0.39 is 0 Å². The molecule has 4 aromatic rings. The molecule has 0 aliphatic carbocycles. The fourth-order valence-electron chi connectivity index (χ4n) is 2.60. The molecule has 0 spiro atoms. The van der Waals surface area contributed by atoms with Crippen LogP contribution in [0.2, 0.25) is 0 Å². The molecule has 3 aromatic carbocycles. The Morgan fingerprint density at radius 1 is 0.828 bits per heavy atom. The minimum Gasteiger partial charge on any atom is -0.457 e. The van der Waals surface area contributed by atoms with Gasteiger partial charge in [0.25, 0.3) is 0 Å². The summed E-state index contributed by atoms with van der Waals surface area (Å²) < 4.78 is 18.8. The smallest absolute Gasteiger partial charge is 0.249 e. The average Bonchev–Trinajstić information content (AvgIpc) is 2.76. The lowest BCUT2D eigenvalue weighted by atomic mass is 10.2. The molecule has 4 rings (SSSR count). The van der Waals surface area contributed by atoms with Crippen molar-refractivity contribution in [3.8, 4) is 11.5 Å². The summed E-state index contributed by atoms with van der Waals surface area (Å²) in [7, 11) is 0. The first-order chi connectivity index (χ1) is 14.2. The van der Waals surface area contributed by atoms with Gasteiger partial charge in [0, 0.05) is 12.2 Å². The molecular weight excluding hydrogens is 369 g/mol. The highest BCUT2D eigenvalue weighted by atomic mass is 19.1. The van der Waals surface area contributed by atoms with Gasteiger partial charge in [-0.15, -0.1) is 5.10 Å². The SMILES string of the molecule is Fc1ccc(CNc2cnnc(Nc3ccc(Oc4ccccc4)cc3)n2)cc1. The van der Waals surface area contributed by atoms with Crippen LogP contribution in [0.15, 0.2) is 85.1 Å². The first-order valence-electron chi connectivity index (χ1n) is 9.03. The largest absolute Gasteiger partial charge is 0.457 e. The summed E-state index contributed by atoms with van der Waals surface area (Å²) in [5.74, 6) is 2.18. The highest BCUT2D eigenvalue weighted by Crippen LogP contribution is 2.23. The molecule has 1 heterocycles. The quantitative estimate of drug-likeness (QED) is 0.456. The molecule has 0 saturated carbocycles. The van der Waals surface area contributed by atoms with Crippen LogP contribution in [0.4, 0.5) is 21.8 Å². The molecule has 0 fully saturated rings. The molecule has 0 saturated heterocycles. The number of ether oxygens (including phenoxy) is 1. The fourth-order valence-corrected chi connectivity index (χ4v) is 2.60. The number of hydrogen-bond acceptors (Lipinski definition) is 6. The third kappa shape index (κ3) is 5.26. The molecule has 7 heteroatoms. The zero-order chi connectivity index (χ0) is 19.9. The standard InChI is InChI=1S/C22H18FN5O/c23-17-8-6-16(7-9-17)14-24-21-15-25-28-22(27-21)26-18-10-12-20(13-11-18)29-19-4-2-1-3-5-19/h1-13,15H,14H2,(H2,24,26,27,28). The Morgan fingerprint density at radius 2 is 1.55 bits per heavy atom. The van der Waals surface area contributed by atoms with Crippen LogP contribution < -0.4 is 15.4 Å². The second-order valence-electron chi connectivity index (χ2n) is 6.21. The number of hydrogen-bond donors (Lipinski definition) is 2. The molecule has 29 heavy (non-hydrogen) atoms. The van der Waals surface area contributed by atoms with Gasteiger partial charge in [-0.2, -0.15) is 10.1 Å². The van der Waals surface area contributed by atoms with E-state index in [0.717, 1.165) is 22.7 Å². The predicted octanol–water partition coefficient (Wildman–Crippen LogP) is 5.16. The summed E-state index contributed by atoms with van der Waals surface area (Å²) in [5.41, 5.74) is 1.75. The van der Waals surface area contributed by atoms with Crippen molar-refractivity contribution in [2.45, 2.75) is 6.54 Å². The number of aromatic nitrogens is 3. The molecule has 144 valence electrons. The third-order valence-electron chi connectivity index (χ3n) is 4.04. The summed E-state index contributed by atoms with van der Waals surface area (Å²) in [4.78, 5) is 4.39. The van der Waals surface area contributed by atoms with Crippen LogP contribution >= 0.6 is 0 Å². The van der Waals surface area contributed by atoms with Crippen molar-refractivity contribution in [1.29, 1.82) is 0 Å². The van der Waals surface area contributed by atoms with Crippen LogP contribution in [0.5, 0.6) is 11.5 Å². The van der Waals surface area contributed by atoms with E-state index in [1.807, 2.05) is 54.6 Å². The molecule has 0 unspecified atom stereocenters. The number of anilines is 3. The highest BCUT2D eigenvalue weighted by Gasteiger charge is 2.03. The molecule has 1 aromatic heterocycles. The topological polar surface area (TPSA) is 72.0 Å². The number of benzene rings is 3. The molecule has 0 atom stereocenters. The lowest BCUT2D eigenvalue weighted by Crippen LogP contribution is -2.05. The maximum atomic E-state index is 13.0.